The van der Waals surface area contributed by atoms with E-state index in [0.29, 0.717) is 23.8 Å². The van der Waals surface area contributed by atoms with Crippen LogP contribution < -0.4 is 22.4 Å². The molecule has 0 heterocycles. The van der Waals surface area contributed by atoms with Gasteiger partial charge in [0.2, 0.25) is 0 Å². The molecule has 1 fully saturated rings. The summed E-state index contributed by atoms with van der Waals surface area (Å²) in [4.78, 5) is 0. The second-order valence-electron chi connectivity index (χ2n) is 7.92. The monoisotopic (exact) mass is 387 g/mol. The highest BCUT2D eigenvalue weighted by molar-refractivity contribution is 5.97. The maximum atomic E-state index is 5.97. The van der Waals surface area contributed by atoms with Gasteiger partial charge in [0, 0.05) is 17.6 Å². The molecule has 1 aliphatic carbocycles. The van der Waals surface area contributed by atoms with E-state index in [4.69, 9.17) is 11.6 Å². The fourth-order valence-corrected chi connectivity index (χ4v) is 4.59. The molecule has 0 aromatic heterocycles. The maximum Gasteiger partial charge on any atom is 0.152 e. The van der Waals surface area contributed by atoms with Crippen LogP contribution in [0.15, 0.2) is 71.8 Å². The van der Waals surface area contributed by atoms with Gasteiger partial charge in [-0.1, -0.05) is 60.7 Å². The normalized spacial score (nSPS) is 20.7. The minimum Gasteiger partial charge on any atom is -0.382 e. The third kappa shape index (κ3) is 4.26. The molecule has 4 rings (SSSR count). The fraction of sp³-hybridized carbons (Fsp3) is 0.292. The number of nitrogens with two attached hydrogens (primary N) is 2. The predicted octanol–water partition coefficient (Wildman–Crippen LogP) is 3.91. The molecule has 5 heteroatoms. The lowest BCUT2D eigenvalue weighted by Crippen LogP contribution is -2.29. The van der Waals surface area contributed by atoms with Crippen molar-refractivity contribution in [3.63, 3.8) is 0 Å². The Balaban J connectivity index is 1.45. The molecule has 6 N–H and O–H groups in total. The van der Waals surface area contributed by atoms with Crippen molar-refractivity contribution in [2.75, 3.05) is 0 Å². The average molecular weight is 388 g/mol. The van der Waals surface area contributed by atoms with Crippen LogP contribution in [0.2, 0.25) is 0 Å². The minimum absolute atomic E-state index is 0.314. The number of nitrogens with zero attached hydrogens (tertiary/aromatic N) is 1. The molecule has 0 saturated heterocycles. The summed E-state index contributed by atoms with van der Waals surface area (Å²) in [5.74, 6) is 6.19. The number of nitrogens with one attached hydrogen (secondary N) is 2. The zero-order valence-electron chi connectivity index (χ0n) is 16.8. The average Bonchev–Trinajstić information content (AvgIpc) is 3.22. The van der Waals surface area contributed by atoms with Crippen LogP contribution in [-0.4, -0.2) is 11.9 Å². The van der Waals surface area contributed by atoms with Crippen LogP contribution in [0, 0.1) is 0 Å². The van der Waals surface area contributed by atoms with Crippen molar-refractivity contribution in [3.05, 3.63) is 83.4 Å². The van der Waals surface area contributed by atoms with Crippen molar-refractivity contribution in [2.45, 2.75) is 44.2 Å². The van der Waals surface area contributed by atoms with Gasteiger partial charge in [-0.15, -0.1) is 5.10 Å². The number of rotatable bonds is 6. The second kappa shape index (κ2) is 8.64. The highest BCUT2D eigenvalue weighted by Crippen LogP contribution is 2.36. The molecule has 0 amide bonds. The van der Waals surface area contributed by atoms with Crippen LogP contribution in [0.1, 0.15) is 54.8 Å². The summed E-state index contributed by atoms with van der Waals surface area (Å²) in [6.07, 6.45) is 3.48. The summed E-state index contributed by atoms with van der Waals surface area (Å²) < 4.78 is 0. The van der Waals surface area contributed by atoms with E-state index in [1.165, 1.54) is 34.7 Å². The Hall–Kier alpha value is -2.89. The van der Waals surface area contributed by atoms with Crippen LogP contribution in [0.25, 0.3) is 10.8 Å². The third-order valence-electron chi connectivity index (χ3n) is 6.05. The first-order chi connectivity index (χ1) is 14.2. The van der Waals surface area contributed by atoms with Gasteiger partial charge >= 0.3 is 0 Å². The Bertz CT molecular complexity index is 1010. The Kier molecular flexibility index (Phi) is 5.79. The zero-order chi connectivity index (χ0) is 20.2. The number of benzene rings is 3. The number of fused-ring (bicyclic) bond motifs is 1. The number of amidine groups is 1. The van der Waals surface area contributed by atoms with Crippen molar-refractivity contribution in [2.24, 2.45) is 16.7 Å². The van der Waals surface area contributed by atoms with Gasteiger partial charge in [-0.25, -0.2) is 11.4 Å². The van der Waals surface area contributed by atoms with E-state index in [-0.39, 0.29) is 0 Å². The summed E-state index contributed by atoms with van der Waals surface area (Å²) >= 11 is 0. The lowest BCUT2D eigenvalue weighted by molar-refractivity contribution is 0.459. The molecular formula is C24H29N5. The third-order valence-corrected chi connectivity index (χ3v) is 6.05. The summed E-state index contributed by atoms with van der Waals surface area (Å²) in [7, 11) is 0. The SMILES string of the molecule is CC(NC1CCC(c2cccc(/C(N)=N/NN)c2)C1)c1cccc2ccccc12. The van der Waals surface area contributed by atoms with E-state index in [2.05, 4.69) is 77.5 Å². The van der Waals surface area contributed by atoms with E-state index < -0.39 is 0 Å². The largest absolute Gasteiger partial charge is 0.382 e. The highest BCUT2D eigenvalue weighted by atomic mass is 15.5. The van der Waals surface area contributed by atoms with Crippen LogP contribution in [0.3, 0.4) is 0 Å². The molecular weight excluding hydrogens is 358 g/mol. The van der Waals surface area contributed by atoms with Gasteiger partial charge in [-0.2, -0.15) is 0 Å². The summed E-state index contributed by atoms with van der Waals surface area (Å²) in [5.41, 5.74) is 11.8. The first-order valence-corrected chi connectivity index (χ1v) is 10.3. The van der Waals surface area contributed by atoms with Crippen molar-refractivity contribution in [1.82, 2.24) is 10.9 Å². The van der Waals surface area contributed by atoms with E-state index in [9.17, 15) is 0 Å². The van der Waals surface area contributed by atoms with E-state index in [1.54, 1.807) is 0 Å². The number of hydrogen-bond donors (Lipinski definition) is 4. The Morgan fingerprint density at radius 1 is 1.03 bits per heavy atom. The summed E-state index contributed by atoms with van der Waals surface area (Å²) in [5, 5.41) is 10.4. The predicted molar refractivity (Wildman–Crippen MR) is 120 cm³/mol. The topological polar surface area (TPSA) is 88.5 Å². The Morgan fingerprint density at radius 2 is 1.83 bits per heavy atom. The van der Waals surface area contributed by atoms with Gasteiger partial charge in [-0.3, -0.25) is 0 Å². The highest BCUT2D eigenvalue weighted by Gasteiger charge is 2.27. The molecule has 29 heavy (non-hydrogen) atoms. The van der Waals surface area contributed by atoms with Crippen molar-refractivity contribution >= 4 is 16.6 Å². The van der Waals surface area contributed by atoms with Gasteiger partial charge in [-0.05, 0) is 60.1 Å². The van der Waals surface area contributed by atoms with Crippen LogP contribution in [0.5, 0.6) is 0 Å². The van der Waals surface area contributed by atoms with Crippen molar-refractivity contribution < 1.29 is 0 Å². The molecule has 0 bridgehead atoms. The van der Waals surface area contributed by atoms with Crippen LogP contribution in [-0.2, 0) is 0 Å². The standard InChI is InChI=1S/C24H29N5/c1-16(22-11-5-7-17-6-2-3-10-23(17)22)27-21-13-12-19(15-21)18-8-4-9-20(14-18)24(25)28-29-26/h2-11,14,16,19,21,27,29H,12-13,15,26H2,1H3,(H2,25,28). The molecule has 1 saturated carbocycles. The number of hydrazine groups is 1. The van der Waals surface area contributed by atoms with E-state index >= 15 is 0 Å². The van der Waals surface area contributed by atoms with Crippen molar-refractivity contribution in [3.8, 4) is 0 Å². The van der Waals surface area contributed by atoms with Gasteiger partial charge in [0.25, 0.3) is 0 Å². The molecule has 3 unspecified atom stereocenters. The lowest BCUT2D eigenvalue weighted by Gasteiger charge is -2.21. The van der Waals surface area contributed by atoms with Gasteiger partial charge in [0.15, 0.2) is 5.84 Å². The minimum atomic E-state index is 0.314. The smallest absolute Gasteiger partial charge is 0.152 e. The molecule has 5 nitrogen and oxygen atoms in total. The number of hydrazone groups is 1. The molecule has 150 valence electrons. The van der Waals surface area contributed by atoms with Crippen LogP contribution in [0.4, 0.5) is 0 Å². The maximum absolute atomic E-state index is 5.97. The fourth-order valence-electron chi connectivity index (χ4n) is 4.59. The van der Waals surface area contributed by atoms with Crippen molar-refractivity contribution in [1.29, 1.82) is 0 Å². The molecule has 3 aromatic rings. The zero-order valence-corrected chi connectivity index (χ0v) is 16.8. The molecule has 0 spiro atoms. The van der Waals surface area contributed by atoms with Gasteiger partial charge < -0.3 is 11.1 Å². The second-order valence-corrected chi connectivity index (χ2v) is 7.92. The quantitative estimate of drug-likeness (QED) is 0.223. The molecule has 1 aliphatic rings. The van der Waals surface area contributed by atoms with Gasteiger partial charge in [0.05, 0.1) is 0 Å². The Morgan fingerprint density at radius 3 is 2.69 bits per heavy atom. The molecule has 3 atom stereocenters. The molecule has 0 aliphatic heterocycles. The van der Waals surface area contributed by atoms with E-state index in [0.717, 1.165) is 12.0 Å². The van der Waals surface area contributed by atoms with E-state index in [1.807, 2.05) is 12.1 Å². The van der Waals surface area contributed by atoms with Gasteiger partial charge in [0.1, 0.15) is 0 Å². The first-order valence-electron chi connectivity index (χ1n) is 10.3. The first kappa shape index (κ1) is 19.4. The lowest BCUT2D eigenvalue weighted by atomic mass is 9.95. The number of hydrogen-bond acceptors (Lipinski definition) is 4. The molecule has 0 radical (unpaired) electrons. The summed E-state index contributed by atoms with van der Waals surface area (Å²) in [6, 6.07) is 24.3. The van der Waals surface area contributed by atoms with Crippen LogP contribution >= 0.6 is 0 Å². The summed E-state index contributed by atoms with van der Waals surface area (Å²) in [6.45, 7) is 2.27. The molecule has 3 aromatic carbocycles. The Labute approximate surface area is 172 Å².